The van der Waals surface area contributed by atoms with Crippen molar-refractivity contribution in [2.24, 2.45) is 0 Å². The van der Waals surface area contributed by atoms with E-state index in [0.717, 1.165) is 17.8 Å². The van der Waals surface area contributed by atoms with Crippen molar-refractivity contribution in [3.8, 4) is 0 Å². The molecule has 0 spiro atoms. The van der Waals surface area contributed by atoms with Crippen LogP contribution in [0.1, 0.15) is 12.6 Å². The highest BCUT2D eigenvalue weighted by Crippen LogP contribution is 2.14. The fourth-order valence-electron chi connectivity index (χ4n) is 1.63. The predicted octanol–water partition coefficient (Wildman–Crippen LogP) is 2.29. The van der Waals surface area contributed by atoms with Crippen molar-refractivity contribution in [3.05, 3.63) is 45.2 Å². The quantitative estimate of drug-likeness (QED) is 0.859. The monoisotopic (exact) mass is 236 g/mol. The Balaban J connectivity index is 2.51. The van der Waals surface area contributed by atoms with Crippen molar-refractivity contribution in [1.82, 2.24) is 10.3 Å². The zero-order valence-corrected chi connectivity index (χ0v) is 9.77. The number of rotatable bonds is 3. The molecule has 1 aromatic carbocycles. The standard InChI is InChI=1S/C12H13ClN2O/c1-2-14-7-9-6-12(16)10-5-8(13)3-4-11(10)15-9/h3-6,14H,2,7H2,1H3,(H,15,16). The van der Waals surface area contributed by atoms with Gasteiger partial charge < -0.3 is 10.3 Å². The first-order chi connectivity index (χ1) is 7.70. The molecule has 16 heavy (non-hydrogen) atoms. The van der Waals surface area contributed by atoms with E-state index < -0.39 is 0 Å². The van der Waals surface area contributed by atoms with Crippen LogP contribution < -0.4 is 10.7 Å². The fourth-order valence-corrected chi connectivity index (χ4v) is 1.80. The summed E-state index contributed by atoms with van der Waals surface area (Å²) < 4.78 is 0. The smallest absolute Gasteiger partial charge is 0.189 e. The molecule has 84 valence electrons. The van der Waals surface area contributed by atoms with E-state index in [0.29, 0.717) is 17.0 Å². The Labute approximate surface area is 98.4 Å². The lowest BCUT2D eigenvalue weighted by molar-refractivity contribution is 0.712. The maximum atomic E-state index is 11.8. The Hall–Kier alpha value is -1.32. The van der Waals surface area contributed by atoms with Gasteiger partial charge in [0.25, 0.3) is 0 Å². The van der Waals surface area contributed by atoms with Gasteiger partial charge in [-0.1, -0.05) is 18.5 Å². The van der Waals surface area contributed by atoms with Gasteiger partial charge in [0.05, 0.1) is 0 Å². The third-order valence-electron chi connectivity index (χ3n) is 2.41. The van der Waals surface area contributed by atoms with E-state index in [1.54, 1.807) is 18.2 Å². The highest BCUT2D eigenvalue weighted by atomic mass is 35.5. The van der Waals surface area contributed by atoms with Crippen LogP contribution in [-0.4, -0.2) is 11.5 Å². The molecule has 1 heterocycles. The number of benzene rings is 1. The van der Waals surface area contributed by atoms with Gasteiger partial charge in [0.2, 0.25) is 0 Å². The summed E-state index contributed by atoms with van der Waals surface area (Å²) in [4.78, 5) is 15.0. The van der Waals surface area contributed by atoms with Crippen LogP contribution in [0.3, 0.4) is 0 Å². The van der Waals surface area contributed by atoms with E-state index in [-0.39, 0.29) is 5.43 Å². The highest BCUT2D eigenvalue weighted by molar-refractivity contribution is 6.31. The van der Waals surface area contributed by atoms with Crippen molar-refractivity contribution in [3.63, 3.8) is 0 Å². The molecule has 1 aromatic heterocycles. The first-order valence-corrected chi connectivity index (χ1v) is 5.60. The van der Waals surface area contributed by atoms with Gasteiger partial charge in [-0.25, -0.2) is 0 Å². The SMILES string of the molecule is CCNCc1cc(=O)c2cc(Cl)ccc2[nH]1. The molecule has 4 heteroatoms. The normalized spacial score (nSPS) is 10.9. The lowest BCUT2D eigenvalue weighted by atomic mass is 10.2. The molecule has 0 aliphatic rings. The number of halogens is 1. The summed E-state index contributed by atoms with van der Waals surface area (Å²) in [6.45, 7) is 3.57. The Kier molecular flexibility index (Phi) is 3.27. The molecule has 0 atom stereocenters. The van der Waals surface area contributed by atoms with Gasteiger partial charge in [-0.2, -0.15) is 0 Å². The molecule has 0 fully saturated rings. The maximum absolute atomic E-state index is 11.8. The zero-order valence-electron chi connectivity index (χ0n) is 9.01. The largest absolute Gasteiger partial charge is 0.357 e. The Morgan fingerprint density at radius 2 is 2.19 bits per heavy atom. The Bertz CT molecular complexity index is 562. The second kappa shape index (κ2) is 4.68. The van der Waals surface area contributed by atoms with Gasteiger partial charge >= 0.3 is 0 Å². The molecular formula is C12H13ClN2O. The molecular weight excluding hydrogens is 224 g/mol. The lowest BCUT2D eigenvalue weighted by Crippen LogP contribution is -2.15. The summed E-state index contributed by atoms with van der Waals surface area (Å²) >= 11 is 5.85. The van der Waals surface area contributed by atoms with Crippen LogP contribution >= 0.6 is 11.6 Å². The summed E-state index contributed by atoms with van der Waals surface area (Å²) in [6, 6.07) is 6.90. The van der Waals surface area contributed by atoms with Crippen LogP contribution in [0.5, 0.6) is 0 Å². The van der Waals surface area contributed by atoms with E-state index in [4.69, 9.17) is 11.6 Å². The molecule has 2 N–H and O–H groups in total. The molecule has 2 rings (SSSR count). The summed E-state index contributed by atoms with van der Waals surface area (Å²) in [5.74, 6) is 0. The topological polar surface area (TPSA) is 44.9 Å². The van der Waals surface area contributed by atoms with Crippen molar-refractivity contribution < 1.29 is 0 Å². The van der Waals surface area contributed by atoms with E-state index >= 15 is 0 Å². The van der Waals surface area contributed by atoms with E-state index in [1.807, 2.05) is 13.0 Å². The molecule has 0 bridgehead atoms. The second-order valence-corrected chi connectivity index (χ2v) is 4.07. The van der Waals surface area contributed by atoms with Crippen LogP contribution in [0.25, 0.3) is 10.9 Å². The van der Waals surface area contributed by atoms with Crippen molar-refractivity contribution in [1.29, 1.82) is 0 Å². The molecule has 0 aliphatic heterocycles. The minimum atomic E-state index is 0.00385. The van der Waals surface area contributed by atoms with Gasteiger partial charge in [-0.05, 0) is 24.7 Å². The summed E-state index contributed by atoms with van der Waals surface area (Å²) in [7, 11) is 0. The number of hydrogen-bond donors (Lipinski definition) is 2. The number of fused-ring (bicyclic) bond motifs is 1. The minimum absolute atomic E-state index is 0.00385. The molecule has 0 saturated carbocycles. The Morgan fingerprint density at radius 1 is 1.38 bits per heavy atom. The predicted molar refractivity (Wildman–Crippen MR) is 67.0 cm³/mol. The molecule has 0 saturated heterocycles. The van der Waals surface area contributed by atoms with Crippen LogP contribution in [-0.2, 0) is 6.54 Å². The van der Waals surface area contributed by atoms with Gasteiger partial charge in [0, 0.05) is 34.2 Å². The molecule has 3 nitrogen and oxygen atoms in total. The average molecular weight is 237 g/mol. The van der Waals surface area contributed by atoms with Gasteiger partial charge in [-0.3, -0.25) is 4.79 Å². The van der Waals surface area contributed by atoms with E-state index in [9.17, 15) is 4.79 Å². The minimum Gasteiger partial charge on any atom is -0.357 e. The summed E-state index contributed by atoms with van der Waals surface area (Å²) in [6.07, 6.45) is 0. The van der Waals surface area contributed by atoms with Gasteiger partial charge in [-0.15, -0.1) is 0 Å². The molecule has 0 amide bonds. The van der Waals surface area contributed by atoms with Crippen LogP contribution in [0.15, 0.2) is 29.1 Å². The van der Waals surface area contributed by atoms with Gasteiger partial charge in [0.1, 0.15) is 0 Å². The number of aromatic nitrogens is 1. The zero-order chi connectivity index (χ0) is 11.5. The first kappa shape index (κ1) is 11.2. The van der Waals surface area contributed by atoms with Crippen LogP contribution in [0, 0.1) is 0 Å². The number of aromatic amines is 1. The van der Waals surface area contributed by atoms with Crippen molar-refractivity contribution in [2.45, 2.75) is 13.5 Å². The molecule has 0 radical (unpaired) electrons. The lowest BCUT2D eigenvalue weighted by Gasteiger charge is -2.04. The number of hydrogen-bond acceptors (Lipinski definition) is 2. The van der Waals surface area contributed by atoms with Gasteiger partial charge in [0.15, 0.2) is 5.43 Å². The average Bonchev–Trinajstić information content (AvgIpc) is 2.27. The number of nitrogens with one attached hydrogen (secondary N) is 2. The second-order valence-electron chi connectivity index (χ2n) is 3.63. The number of pyridine rings is 1. The number of H-pyrrole nitrogens is 1. The van der Waals surface area contributed by atoms with E-state index in [1.165, 1.54) is 0 Å². The van der Waals surface area contributed by atoms with E-state index in [2.05, 4.69) is 10.3 Å². The fraction of sp³-hybridized carbons (Fsp3) is 0.250. The molecule has 0 aliphatic carbocycles. The maximum Gasteiger partial charge on any atom is 0.189 e. The van der Waals surface area contributed by atoms with Crippen LogP contribution in [0.2, 0.25) is 5.02 Å². The third kappa shape index (κ3) is 2.26. The highest BCUT2D eigenvalue weighted by Gasteiger charge is 2.02. The first-order valence-electron chi connectivity index (χ1n) is 5.23. The summed E-state index contributed by atoms with van der Waals surface area (Å²) in [5.41, 5.74) is 1.72. The summed E-state index contributed by atoms with van der Waals surface area (Å²) in [5, 5.41) is 4.38. The molecule has 2 aromatic rings. The third-order valence-corrected chi connectivity index (χ3v) is 2.65. The van der Waals surface area contributed by atoms with Crippen molar-refractivity contribution >= 4 is 22.5 Å². The Morgan fingerprint density at radius 3 is 2.94 bits per heavy atom. The molecule has 0 unspecified atom stereocenters. The van der Waals surface area contributed by atoms with Crippen LogP contribution in [0.4, 0.5) is 0 Å². The van der Waals surface area contributed by atoms with Crippen molar-refractivity contribution in [2.75, 3.05) is 6.54 Å².